The first-order valence-electron chi connectivity index (χ1n) is 12.5. The van der Waals surface area contributed by atoms with Crippen LogP contribution >= 0.6 is 0 Å². The third-order valence-corrected chi connectivity index (χ3v) is 12.7. The number of epoxide rings is 1. The molecule has 1 heterocycles. The van der Waals surface area contributed by atoms with E-state index in [9.17, 15) is 0 Å². The molecular weight excluding hydrogens is 364 g/mol. The molecule has 0 aliphatic carbocycles. The molecule has 2 atom stereocenters. The van der Waals surface area contributed by atoms with Crippen molar-refractivity contribution in [3.8, 4) is 0 Å². The van der Waals surface area contributed by atoms with E-state index >= 15 is 0 Å². The predicted molar refractivity (Wildman–Crippen MR) is 135 cm³/mol. The number of hydrogen-bond donors (Lipinski definition) is 0. The average Bonchev–Trinajstić information content (AvgIpc) is 3.11. The molecule has 0 spiro atoms. The maximum absolute atomic E-state index is 6.71. The second-order valence-electron chi connectivity index (χ2n) is 15.2. The summed E-state index contributed by atoms with van der Waals surface area (Å²) < 4.78 is 6.71. The summed E-state index contributed by atoms with van der Waals surface area (Å²) in [6.07, 6.45) is 2.49. The first-order chi connectivity index (χ1) is 12.8. The van der Waals surface area contributed by atoms with Crippen molar-refractivity contribution in [2.45, 2.75) is 149 Å². The van der Waals surface area contributed by atoms with E-state index in [1.807, 2.05) is 0 Å². The highest BCUT2D eigenvalue weighted by atomic mass is 16.6. The van der Waals surface area contributed by atoms with E-state index in [1.165, 1.54) is 12.8 Å². The molecule has 0 amide bonds. The highest BCUT2D eigenvalue weighted by Gasteiger charge is 2.78. The quantitative estimate of drug-likeness (QED) is 0.355. The molecule has 1 aliphatic heterocycles. The van der Waals surface area contributed by atoms with Gasteiger partial charge in [0.2, 0.25) is 0 Å². The summed E-state index contributed by atoms with van der Waals surface area (Å²) in [6, 6.07) is 0. The van der Waals surface area contributed by atoms with Gasteiger partial charge < -0.3 is 4.74 Å². The van der Waals surface area contributed by atoms with E-state index in [4.69, 9.17) is 4.74 Å². The van der Waals surface area contributed by atoms with Crippen molar-refractivity contribution in [1.29, 1.82) is 0 Å². The summed E-state index contributed by atoms with van der Waals surface area (Å²) in [4.78, 5) is 0. The topological polar surface area (TPSA) is 12.5 Å². The number of hydrogen-bond acceptors (Lipinski definition) is 1. The smallest absolute Gasteiger partial charge is 0.101 e. The van der Waals surface area contributed by atoms with Gasteiger partial charge >= 0.3 is 0 Å². The zero-order valence-electron chi connectivity index (χ0n) is 24.3. The molecule has 1 saturated heterocycles. The Kier molecular flexibility index (Phi) is 6.51. The van der Waals surface area contributed by atoms with E-state index in [0.717, 1.165) is 0 Å². The zero-order chi connectivity index (χ0) is 24.6. The summed E-state index contributed by atoms with van der Waals surface area (Å²) in [5.74, 6) is 0. The van der Waals surface area contributed by atoms with Crippen LogP contribution in [0.15, 0.2) is 0 Å². The lowest BCUT2D eigenvalue weighted by Crippen LogP contribution is -2.62. The second-order valence-corrected chi connectivity index (χ2v) is 15.2. The van der Waals surface area contributed by atoms with Crippen LogP contribution < -0.4 is 0 Å². The minimum atomic E-state index is -0.155. The van der Waals surface area contributed by atoms with Crippen LogP contribution in [0.2, 0.25) is 0 Å². The van der Waals surface area contributed by atoms with Gasteiger partial charge in [-0.25, -0.2) is 0 Å². The largest absolute Gasteiger partial charge is 0.362 e. The second kappa shape index (κ2) is 6.98. The molecule has 0 aromatic rings. The van der Waals surface area contributed by atoms with Gasteiger partial charge in [-0.3, -0.25) is 0 Å². The van der Waals surface area contributed by atoms with Crippen LogP contribution in [0.5, 0.6) is 0 Å². The van der Waals surface area contributed by atoms with E-state index < -0.39 is 0 Å². The summed E-state index contributed by atoms with van der Waals surface area (Å²) in [7, 11) is 0. The zero-order valence-corrected chi connectivity index (χ0v) is 24.3. The Balaban J connectivity index is 3.57. The van der Waals surface area contributed by atoms with E-state index in [1.54, 1.807) is 0 Å². The Labute approximate surface area is 191 Å². The highest BCUT2D eigenvalue weighted by Crippen LogP contribution is 2.75. The van der Waals surface area contributed by atoms with Gasteiger partial charge in [-0.05, 0) is 52.8 Å². The van der Waals surface area contributed by atoms with Crippen molar-refractivity contribution < 1.29 is 4.74 Å². The molecule has 180 valence electrons. The van der Waals surface area contributed by atoms with E-state index in [-0.39, 0.29) is 49.1 Å². The summed E-state index contributed by atoms with van der Waals surface area (Å²) in [5, 5.41) is 0. The van der Waals surface area contributed by atoms with Crippen molar-refractivity contribution in [1.82, 2.24) is 0 Å². The Morgan fingerprint density at radius 3 is 1.20 bits per heavy atom. The van der Waals surface area contributed by atoms with E-state index in [0.29, 0.717) is 0 Å². The fourth-order valence-electron chi connectivity index (χ4n) is 6.70. The van der Waals surface area contributed by atoms with Crippen molar-refractivity contribution >= 4 is 0 Å². The maximum atomic E-state index is 6.71. The monoisotopic (exact) mass is 422 g/mol. The Morgan fingerprint density at radius 1 is 0.533 bits per heavy atom. The van der Waals surface area contributed by atoms with Crippen LogP contribution in [0.1, 0.15) is 137 Å². The lowest BCUT2D eigenvalue weighted by atomic mass is 9.37. The molecule has 30 heavy (non-hydrogen) atoms. The number of ether oxygens (including phenoxy) is 1. The fourth-order valence-corrected chi connectivity index (χ4v) is 6.70. The molecule has 0 N–H and O–H groups in total. The molecule has 2 unspecified atom stereocenters. The molecule has 0 saturated carbocycles. The third kappa shape index (κ3) is 3.18. The minimum absolute atomic E-state index is 0.00617. The standard InChI is InChI=1S/C29H58O/c1-19-20-22(5,6)23(7,8)24(9,10)25(11,12)26(13,14)27(15,16)29(18)28(17,30-29)21(2,3)4/h19-20H2,1-18H3. The summed E-state index contributed by atoms with van der Waals surface area (Å²) >= 11 is 0. The van der Waals surface area contributed by atoms with Crippen molar-refractivity contribution in [2.24, 2.45) is 37.9 Å². The first-order valence-corrected chi connectivity index (χ1v) is 12.5. The van der Waals surface area contributed by atoms with Gasteiger partial charge in [-0.15, -0.1) is 0 Å². The van der Waals surface area contributed by atoms with Crippen LogP contribution in [-0.4, -0.2) is 11.2 Å². The minimum Gasteiger partial charge on any atom is -0.362 e. The van der Waals surface area contributed by atoms with Crippen molar-refractivity contribution in [3.63, 3.8) is 0 Å². The van der Waals surface area contributed by atoms with Gasteiger partial charge in [0.15, 0.2) is 0 Å². The third-order valence-electron chi connectivity index (χ3n) is 12.7. The molecule has 1 fully saturated rings. The molecule has 1 rings (SSSR count). The molecule has 0 aromatic heterocycles. The Morgan fingerprint density at radius 2 is 0.900 bits per heavy atom. The molecule has 0 radical (unpaired) electrons. The van der Waals surface area contributed by atoms with Crippen LogP contribution in [0, 0.1) is 37.9 Å². The SMILES string of the molecule is CCCC(C)(C)C(C)(C)C(C)(C)C(C)(C)C(C)(C)C(C)(C)C1(C)OC1(C)C(C)(C)C. The van der Waals surface area contributed by atoms with Gasteiger partial charge in [0, 0.05) is 5.41 Å². The van der Waals surface area contributed by atoms with Gasteiger partial charge in [-0.1, -0.05) is 117 Å². The first kappa shape index (κ1) is 28.0. The number of rotatable bonds is 8. The van der Waals surface area contributed by atoms with Crippen LogP contribution in [-0.2, 0) is 4.74 Å². The van der Waals surface area contributed by atoms with Gasteiger partial charge in [-0.2, -0.15) is 0 Å². The average molecular weight is 423 g/mol. The van der Waals surface area contributed by atoms with Crippen molar-refractivity contribution in [2.75, 3.05) is 0 Å². The molecule has 1 nitrogen and oxygen atoms in total. The van der Waals surface area contributed by atoms with Crippen LogP contribution in [0.3, 0.4) is 0 Å². The lowest BCUT2D eigenvalue weighted by molar-refractivity contribution is -0.186. The molecular formula is C29H58O. The molecule has 1 aliphatic rings. The lowest BCUT2D eigenvalue weighted by Gasteiger charge is -2.67. The molecule has 0 bridgehead atoms. The summed E-state index contributed by atoms with van der Waals surface area (Å²) in [6.45, 7) is 44.0. The van der Waals surface area contributed by atoms with E-state index in [2.05, 4.69) is 125 Å². The normalized spacial score (nSPS) is 27.4. The molecule has 0 aromatic carbocycles. The summed E-state index contributed by atoms with van der Waals surface area (Å²) in [5.41, 5.74) is 0.505. The Bertz CT molecular complexity index is 638. The van der Waals surface area contributed by atoms with Gasteiger partial charge in [0.25, 0.3) is 0 Å². The highest BCUT2D eigenvalue weighted by molar-refractivity contribution is 5.26. The van der Waals surface area contributed by atoms with Gasteiger partial charge in [0.05, 0.1) is 0 Å². The van der Waals surface area contributed by atoms with Crippen LogP contribution in [0.25, 0.3) is 0 Å². The fraction of sp³-hybridized carbons (Fsp3) is 1.00. The predicted octanol–water partition coefficient (Wildman–Crippen LogP) is 9.54. The Hall–Kier alpha value is -0.0400. The molecule has 1 heteroatoms. The van der Waals surface area contributed by atoms with Crippen LogP contribution in [0.4, 0.5) is 0 Å². The maximum Gasteiger partial charge on any atom is 0.101 e. The van der Waals surface area contributed by atoms with Gasteiger partial charge in [0.1, 0.15) is 11.2 Å². The van der Waals surface area contributed by atoms with Crippen molar-refractivity contribution in [3.05, 3.63) is 0 Å².